The molecule has 30 heavy (non-hydrogen) atoms. The lowest BCUT2D eigenvalue weighted by atomic mass is 10.1. The van der Waals surface area contributed by atoms with Gasteiger partial charge in [0.1, 0.15) is 29.1 Å². The second-order valence-corrected chi connectivity index (χ2v) is 7.87. The predicted octanol–water partition coefficient (Wildman–Crippen LogP) is 3.01. The molecular weight excluding hydrogens is 382 g/mol. The van der Waals surface area contributed by atoms with Gasteiger partial charge in [-0.1, -0.05) is 6.07 Å². The molecule has 7 heteroatoms. The van der Waals surface area contributed by atoms with E-state index in [2.05, 4.69) is 23.3 Å². The Kier molecular flexibility index (Phi) is 6.08. The van der Waals surface area contributed by atoms with Crippen LogP contribution >= 0.6 is 0 Å². The first-order valence-corrected chi connectivity index (χ1v) is 10.7. The molecule has 0 spiro atoms. The molecule has 2 aromatic rings. The van der Waals surface area contributed by atoms with Crippen molar-refractivity contribution in [2.24, 2.45) is 0 Å². The van der Waals surface area contributed by atoms with E-state index in [0.717, 1.165) is 36.3 Å². The molecule has 0 unspecified atom stereocenters. The molecule has 0 radical (unpaired) electrons. The summed E-state index contributed by atoms with van der Waals surface area (Å²) in [6, 6.07) is 9.37. The van der Waals surface area contributed by atoms with Gasteiger partial charge in [0.2, 0.25) is 0 Å². The largest absolute Gasteiger partial charge is 0.494 e. The molecule has 7 nitrogen and oxygen atoms in total. The van der Waals surface area contributed by atoms with Crippen molar-refractivity contribution in [3.63, 3.8) is 0 Å². The molecule has 1 aromatic carbocycles. The Morgan fingerprint density at radius 2 is 2.27 bits per heavy atom. The minimum atomic E-state index is -0.134. The van der Waals surface area contributed by atoms with Crippen molar-refractivity contribution < 1.29 is 19.4 Å². The highest BCUT2D eigenvalue weighted by Gasteiger charge is 2.29. The topological polar surface area (TPSA) is 83.9 Å². The lowest BCUT2D eigenvalue weighted by molar-refractivity contribution is 0.0672. The lowest BCUT2D eigenvalue weighted by Crippen LogP contribution is -2.38. The molecule has 0 aliphatic carbocycles. The summed E-state index contributed by atoms with van der Waals surface area (Å²) < 4.78 is 11.7. The molecule has 3 heterocycles. The van der Waals surface area contributed by atoms with Crippen LogP contribution in [0.4, 0.5) is 5.82 Å². The number of amides is 1. The van der Waals surface area contributed by atoms with Crippen molar-refractivity contribution >= 4 is 11.7 Å². The number of ether oxygens (including phenoxy) is 2. The van der Waals surface area contributed by atoms with E-state index in [4.69, 9.17) is 9.47 Å². The summed E-state index contributed by atoms with van der Waals surface area (Å²) in [6.07, 6.45) is 2.81. The Morgan fingerprint density at radius 1 is 1.40 bits per heavy atom. The zero-order valence-corrected chi connectivity index (χ0v) is 17.6. The van der Waals surface area contributed by atoms with Crippen LogP contribution in [0.5, 0.6) is 11.5 Å². The number of hydrogen-bond donors (Lipinski definition) is 2. The SMILES string of the molecule is CCOc1cc2c(cc1CNc1cccc(C(=O)N3CCC[C@@H]3CO)n1)O[C@H](C)C2. The summed E-state index contributed by atoms with van der Waals surface area (Å²) in [5.74, 6) is 2.24. The van der Waals surface area contributed by atoms with Crippen LogP contribution in [0.1, 0.15) is 48.3 Å². The number of nitrogens with zero attached hydrogens (tertiary/aromatic N) is 2. The maximum atomic E-state index is 12.8. The van der Waals surface area contributed by atoms with Gasteiger partial charge >= 0.3 is 0 Å². The number of carbonyl (C=O) groups is 1. The minimum absolute atomic E-state index is 0.0110. The van der Waals surface area contributed by atoms with Crippen molar-refractivity contribution in [3.05, 3.63) is 47.2 Å². The number of carbonyl (C=O) groups excluding carboxylic acids is 1. The number of hydrogen-bond acceptors (Lipinski definition) is 6. The van der Waals surface area contributed by atoms with E-state index in [1.807, 2.05) is 25.1 Å². The average molecular weight is 412 g/mol. The van der Waals surface area contributed by atoms with Crippen molar-refractivity contribution in [3.8, 4) is 11.5 Å². The number of fused-ring (bicyclic) bond motifs is 1. The third-order valence-electron chi connectivity index (χ3n) is 5.66. The minimum Gasteiger partial charge on any atom is -0.494 e. The van der Waals surface area contributed by atoms with Gasteiger partial charge in [0.15, 0.2) is 0 Å². The van der Waals surface area contributed by atoms with Crippen LogP contribution in [-0.4, -0.2) is 52.8 Å². The van der Waals surface area contributed by atoms with Gasteiger partial charge in [-0.2, -0.15) is 0 Å². The molecule has 2 aliphatic rings. The van der Waals surface area contributed by atoms with E-state index in [9.17, 15) is 9.90 Å². The molecule has 1 fully saturated rings. The Balaban J connectivity index is 1.49. The standard InChI is InChI=1S/C23H29N3O4/c1-3-29-20-11-16-10-15(2)30-21(16)12-17(20)13-24-22-8-4-7-19(25-22)23(28)26-9-5-6-18(26)14-27/h4,7-8,11-12,15,18,27H,3,5-6,9-10,13-14H2,1-2H3,(H,24,25)/t15-,18-/m1/s1. The van der Waals surface area contributed by atoms with Crippen LogP contribution in [0.2, 0.25) is 0 Å². The quantitative estimate of drug-likeness (QED) is 0.729. The van der Waals surface area contributed by atoms with E-state index in [0.29, 0.717) is 31.2 Å². The van der Waals surface area contributed by atoms with Crippen LogP contribution in [0, 0.1) is 0 Å². The van der Waals surface area contributed by atoms with Crippen LogP contribution in [-0.2, 0) is 13.0 Å². The van der Waals surface area contributed by atoms with E-state index in [1.165, 1.54) is 5.56 Å². The Morgan fingerprint density at radius 3 is 3.07 bits per heavy atom. The summed E-state index contributed by atoms with van der Waals surface area (Å²) >= 11 is 0. The van der Waals surface area contributed by atoms with E-state index < -0.39 is 0 Å². The third kappa shape index (κ3) is 4.21. The van der Waals surface area contributed by atoms with Crippen molar-refractivity contribution in [1.29, 1.82) is 0 Å². The Hall–Kier alpha value is -2.80. The van der Waals surface area contributed by atoms with Gasteiger partial charge in [-0.3, -0.25) is 4.79 Å². The number of aliphatic hydroxyl groups is 1. The Bertz CT molecular complexity index is 917. The van der Waals surface area contributed by atoms with Crippen molar-refractivity contribution in [1.82, 2.24) is 9.88 Å². The highest BCUT2D eigenvalue weighted by Crippen LogP contribution is 2.35. The van der Waals surface area contributed by atoms with Crippen LogP contribution in [0.15, 0.2) is 30.3 Å². The molecule has 2 N–H and O–H groups in total. The average Bonchev–Trinajstić information content (AvgIpc) is 3.37. The summed E-state index contributed by atoms with van der Waals surface area (Å²) in [4.78, 5) is 19.1. The molecular formula is C23H29N3O4. The summed E-state index contributed by atoms with van der Waals surface area (Å²) in [6.45, 7) is 5.78. The van der Waals surface area contributed by atoms with Crippen molar-refractivity contribution in [2.75, 3.05) is 25.1 Å². The Labute approximate surface area is 177 Å². The fourth-order valence-corrected chi connectivity index (χ4v) is 4.19. The molecule has 1 aromatic heterocycles. The van der Waals surface area contributed by atoms with Gasteiger partial charge in [0.25, 0.3) is 5.91 Å². The molecule has 0 saturated carbocycles. The fourth-order valence-electron chi connectivity index (χ4n) is 4.19. The third-order valence-corrected chi connectivity index (χ3v) is 5.66. The molecule has 160 valence electrons. The number of aliphatic hydroxyl groups excluding tert-OH is 1. The zero-order chi connectivity index (χ0) is 21.1. The zero-order valence-electron chi connectivity index (χ0n) is 17.6. The van der Waals surface area contributed by atoms with Gasteiger partial charge in [0.05, 0.1) is 19.3 Å². The monoisotopic (exact) mass is 411 g/mol. The van der Waals surface area contributed by atoms with Gasteiger partial charge < -0.3 is 24.8 Å². The van der Waals surface area contributed by atoms with Gasteiger partial charge in [0, 0.05) is 30.6 Å². The molecule has 2 aliphatic heterocycles. The van der Waals surface area contributed by atoms with Crippen LogP contribution < -0.4 is 14.8 Å². The van der Waals surface area contributed by atoms with Gasteiger partial charge in [-0.05, 0) is 51.0 Å². The second-order valence-electron chi connectivity index (χ2n) is 7.87. The highest BCUT2D eigenvalue weighted by molar-refractivity contribution is 5.93. The number of rotatable bonds is 7. The first kappa shape index (κ1) is 20.5. The molecule has 4 rings (SSSR count). The number of anilines is 1. The highest BCUT2D eigenvalue weighted by atomic mass is 16.5. The predicted molar refractivity (Wildman–Crippen MR) is 114 cm³/mol. The van der Waals surface area contributed by atoms with Gasteiger partial charge in [-0.25, -0.2) is 4.98 Å². The van der Waals surface area contributed by atoms with Gasteiger partial charge in [-0.15, -0.1) is 0 Å². The van der Waals surface area contributed by atoms with E-state index in [1.54, 1.807) is 11.0 Å². The second kappa shape index (κ2) is 8.92. The first-order chi connectivity index (χ1) is 14.6. The van der Waals surface area contributed by atoms with Crippen LogP contribution in [0.3, 0.4) is 0 Å². The maximum Gasteiger partial charge on any atom is 0.272 e. The summed E-state index contributed by atoms with van der Waals surface area (Å²) in [5.41, 5.74) is 2.55. The van der Waals surface area contributed by atoms with Crippen LogP contribution in [0.25, 0.3) is 0 Å². The number of aromatic nitrogens is 1. The number of likely N-dealkylation sites (tertiary alicyclic amines) is 1. The lowest BCUT2D eigenvalue weighted by Gasteiger charge is -2.22. The fraction of sp³-hybridized carbons (Fsp3) is 0.478. The van der Waals surface area contributed by atoms with Crippen molar-refractivity contribution in [2.45, 2.75) is 51.8 Å². The number of nitrogens with one attached hydrogen (secondary N) is 1. The smallest absolute Gasteiger partial charge is 0.272 e. The van der Waals surface area contributed by atoms with E-state index >= 15 is 0 Å². The first-order valence-electron chi connectivity index (χ1n) is 10.7. The normalized spacial score (nSPS) is 20.0. The molecule has 0 bridgehead atoms. The molecule has 2 atom stereocenters. The van der Waals surface area contributed by atoms with E-state index in [-0.39, 0.29) is 24.7 Å². The molecule has 1 amide bonds. The maximum absolute atomic E-state index is 12.8. The molecule has 1 saturated heterocycles. The summed E-state index contributed by atoms with van der Waals surface area (Å²) in [7, 11) is 0. The number of pyridine rings is 1. The number of benzene rings is 1. The summed E-state index contributed by atoms with van der Waals surface area (Å²) in [5, 5.41) is 12.8.